The van der Waals surface area contributed by atoms with Crippen LogP contribution in [0.4, 0.5) is 0 Å². The lowest BCUT2D eigenvalue weighted by Gasteiger charge is -2.25. The fourth-order valence-electron chi connectivity index (χ4n) is 2.96. The second kappa shape index (κ2) is 8.13. The second-order valence-electron chi connectivity index (χ2n) is 5.65. The summed E-state index contributed by atoms with van der Waals surface area (Å²) in [5, 5.41) is 8.82. The molecule has 120 valence electrons. The molecule has 1 aromatic rings. The maximum Gasteiger partial charge on any atom is 0.0863 e. The molecule has 1 fully saturated rings. The van der Waals surface area contributed by atoms with Crippen molar-refractivity contribution in [2.24, 2.45) is 7.05 Å². The fourth-order valence-corrected chi connectivity index (χ4v) is 3.31. The van der Waals surface area contributed by atoms with Gasteiger partial charge in [-0.3, -0.25) is 9.58 Å². The van der Waals surface area contributed by atoms with Crippen LogP contribution in [0.5, 0.6) is 0 Å². The van der Waals surface area contributed by atoms with Crippen LogP contribution in [-0.4, -0.2) is 54.1 Å². The normalized spacial score (nSPS) is 19.5. The van der Waals surface area contributed by atoms with Gasteiger partial charge in [0.15, 0.2) is 0 Å². The third-order valence-corrected chi connectivity index (χ3v) is 4.65. The van der Waals surface area contributed by atoms with E-state index < -0.39 is 0 Å². The molecule has 2 heterocycles. The zero-order valence-electron chi connectivity index (χ0n) is 13.4. The Kier molecular flexibility index (Phi) is 6.48. The number of aryl methyl sites for hydroxylation is 2. The summed E-state index contributed by atoms with van der Waals surface area (Å²) >= 11 is 6.46. The van der Waals surface area contributed by atoms with E-state index in [9.17, 15) is 0 Å². The number of ether oxygens (including phenoxy) is 1. The van der Waals surface area contributed by atoms with Crippen LogP contribution in [0, 0.1) is 0 Å². The van der Waals surface area contributed by atoms with Crippen LogP contribution in [0.25, 0.3) is 0 Å². The topological polar surface area (TPSA) is 42.3 Å². The number of halogens is 1. The standard InChI is InChI=1S/C15H27ClN4O/c1-4-13-15(16)14(19(2)18-13)11-20-8-5-6-12(20)10-17-7-9-21-3/h12,17H,4-11H2,1-3H3. The van der Waals surface area contributed by atoms with Gasteiger partial charge in [-0.1, -0.05) is 18.5 Å². The Hall–Kier alpha value is -0.620. The van der Waals surface area contributed by atoms with Gasteiger partial charge in [0, 0.05) is 39.8 Å². The predicted molar refractivity (Wildman–Crippen MR) is 85.8 cm³/mol. The van der Waals surface area contributed by atoms with Gasteiger partial charge in [0.05, 0.1) is 23.0 Å². The molecule has 5 nitrogen and oxygen atoms in total. The lowest BCUT2D eigenvalue weighted by molar-refractivity contribution is 0.190. The number of hydrogen-bond donors (Lipinski definition) is 1. The molecule has 0 aliphatic carbocycles. The minimum atomic E-state index is 0.581. The summed E-state index contributed by atoms with van der Waals surface area (Å²) in [7, 11) is 3.72. The summed E-state index contributed by atoms with van der Waals surface area (Å²) in [5.74, 6) is 0. The van der Waals surface area contributed by atoms with Gasteiger partial charge in [-0.15, -0.1) is 0 Å². The first kappa shape index (κ1) is 16.7. The highest BCUT2D eigenvalue weighted by atomic mass is 35.5. The van der Waals surface area contributed by atoms with Crippen molar-refractivity contribution in [1.82, 2.24) is 20.0 Å². The zero-order valence-corrected chi connectivity index (χ0v) is 14.1. The van der Waals surface area contributed by atoms with E-state index >= 15 is 0 Å². The minimum absolute atomic E-state index is 0.581. The smallest absolute Gasteiger partial charge is 0.0863 e. The second-order valence-corrected chi connectivity index (χ2v) is 6.03. The van der Waals surface area contributed by atoms with Gasteiger partial charge in [-0.25, -0.2) is 0 Å². The molecule has 6 heteroatoms. The van der Waals surface area contributed by atoms with Crippen molar-refractivity contribution >= 4 is 11.6 Å². The molecule has 1 saturated heterocycles. The van der Waals surface area contributed by atoms with Gasteiger partial charge in [-0.2, -0.15) is 5.10 Å². The van der Waals surface area contributed by atoms with E-state index in [1.54, 1.807) is 7.11 Å². The number of nitrogens with one attached hydrogen (secondary N) is 1. The number of rotatable bonds is 8. The van der Waals surface area contributed by atoms with Crippen molar-refractivity contribution < 1.29 is 4.74 Å². The fraction of sp³-hybridized carbons (Fsp3) is 0.800. The monoisotopic (exact) mass is 314 g/mol. The molecule has 0 bridgehead atoms. The Morgan fingerprint density at radius 1 is 1.48 bits per heavy atom. The molecule has 1 aliphatic heterocycles. The Labute approximate surface area is 132 Å². The molecule has 1 N–H and O–H groups in total. The highest BCUT2D eigenvalue weighted by molar-refractivity contribution is 6.31. The van der Waals surface area contributed by atoms with Gasteiger partial charge in [0.2, 0.25) is 0 Å². The third kappa shape index (κ3) is 4.19. The van der Waals surface area contributed by atoms with E-state index in [0.717, 1.165) is 55.6 Å². The highest BCUT2D eigenvalue weighted by Crippen LogP contribution is 2.25. The SMILES string of the molecule is CCc1nn(C)c(CN2CCCC2CNCCOC)c1Cl. The zero-order chi connectivity index (χ0) is 15.2. The van der Waals surface area contributed by atoms with Crippen molar-refractivity contribution in [2.75, 3.05) is 33.4 Å². The summed E-state index contributed by atoms with van der Waals surface area (Å²) in [5.41, 5.74) is 2.14. The predicted octanol–water partition coefficient (Wildman–Crippen LogP) is 1.84. The van der Waals surface area contributed by atoms with Crippen molar-refractivity contribution in [3.63, 3.8) is 0 Å². The van der Waals surface area contributed by atoms with E-state index in [4.69, 9.17) is 16.3 Å². The third-order valence-electron chi connectivity index (χ3n) is 4.22. The molecule has 1 aromatic heterocycles. The van der Waals surface area contributed by atoms with E-state index in [-0.39, 0.29) is 0 Å². The Morgan fingerprint density at radius 2 is 2.29 bits per heavy atom. The van der Waals surface area contributed by atoms with Gasteiger partial charge >= 0.3 is 0 Å². The average Bonchev–Trinajstić information content (AvgIpc) is 3.03. The van der Waals surface area contributed by atoms with Gasteiger partial charge < -0.3 is 10.1 Å². The van der Waals surface area contributed by atoms with Crippen molar-refractivity contribution in [1.29, 1.82) is 0 Å². The first-order valence-electron chi connectivity index (χ1n) is 7.81. The van der Waals surface area contributed by atoms with Crippen LogP contribution in [0.1, 0.15) is 31.2 Å². The summed E-state index contributed by atoms with van der Waals surface area (Å²) < 4.78 is 7.01. The maximum absolute atomic E-state index is 6.46. The number of hydrogen-bond acceptors (Lipinski definition) is 4. The Morgan fingerprint density at radius 3 is 2.95 bits per heavy atom. The molecule has 0 amide bonds. The first-order valence-corrected chi connectivity index (χ1v) is 8.19. The Balaban J connectivity index is 1.93. The summed E-state index contributed by atoms with van der Waals surface area (Å²) in [4.78, 5) is 2.52. The maximum atomic E-state index is 6.46. The first-order chi connectivity index (χ1) is 10.2. The van der Waals surface area contributed by atoms with E-state index in [1.165, 1.54) is 12.8 Å². The number of methoxy groups -OCH3 is 1. The van der Waals surface area contributed by atoms with E-state index in [2.05, 4.69) is 22.2 Å². The molecule has 1 aliphatic rings. The molecule has 2 rings (SSSR count). The van der Waals surface area contributed by atoms with E-state index in [0.29, 0.717) is 6.04 Å². The average molecular weight is 315 g/mol. The molecule has 1 unspecified atom stereocenters. The Bertz CT molecular complexity index is 449. The van der Waals surface area contributed by atoms with E-state index in [1.807, 2.05) is 11.7 Å². The lowest BCUT2D eigenvalue weighted by atomic mass is 10.2. The van der Waals surface area contributed by atoms with Crippen LogP contribution < -0.4 is 5.32 Å². The largest absolute Gasteiger partial charge is 0.383 e. The van der Waals surface area contributed by atoms with Crippen molar-refractivity contribution in [2.45, 2.75) is 38.8 Å². The van der Waals surface area contributed by atoms with Crippen molar-refractivity contribution in [3.05, 3.63) is 16.4 Å². The van der Waals surface area contributed by atoms with Crippen LogP contribution >= 0.6 is 11.6 Å². The van der Waals surface area contributed by atoms with Crippen LogP contribution in [-0.2, 0) is 24.8 Å². The molecule has 0 radical (unpaired) electrons. The van der Waals surface area contributed by atoms with Gasteiger partial charge in [0.25, 0.3) is 0 Å². The molecule has 1 atom stereocenters. The lowest BCUT2D eigenvalue weighted by Crippen LogP contribution is -2.38. The van der Waals surface area contributed by atoms with Crippen LogP contribution in [0.15, 0.2) is 0 Å². The number of aromatic nitrogens is 2. The molecule has 0 spiro atoms. The molecular formula is C15H27ClN4O. The molecule has 0 aromatic carbocycles. The van der Waals surface area contributed by atoms with Gasteiger partial charge in [-0.05, 0) is 25.8 Å². The number of likely N-dealkylation sites (tertiary alicyclic amines) is 1. The van der Waals surface area contributed by atoms with Crippen LogP contribution in [0.3, 0.4) is 0 Å². The summed E-state index contributed by atoms with van der Waals surface area (Å²) in [6.07, 6.45) is 3.39. The minimum Gasteiger partial charge on any atom is -0.383 e. The van der Waals surface area contributed by atoms with Gasteiger partial charge in [0.1, 0.15) is 0 Å². The molecule has 0 saturated carbocycles. The summed E-state index contributed by atoms with van der Waals surface area (Å²) in [6, 6.07) is 0.581. The summed E-state index contributed by atoms with van der Waals surface area (Å²) in [6.45, 7) is 6.81. The van der Waals surface area contributed by atoms with Crippen molar-refractivity contribution in [3.8, 4) is 0 Å². The van der Waals surface area contributed by atoms with Crippen LogP contribution in [0.2, 0.25) is 5.02 Å². The molecule has 21 heavy (non-hydrogen) atoms. The number of nitrogens with zero attached hydrogens (tertiary/aromatic N) is 3. The highest BCUT2D eigenvalue weighted by Gasteiger charge is 2.26. The molecular weight excluding hydrogens is 288 g/mol. The quantitative estimate of drug-likeness (QED) is 0.744.